The fraction of sp³-hybridized carbons (Fsp3) is 0.143. The number of rotatable bonds is 7. The van der Waals surface area contributed by atoms with Crippen molar-refractivity contribution in [2.75, 3.05) is 6.54 Å². The van der Waals surface area contributed by atoms with Crippen molar-refractivity contribution in [3.63, 3.8) is 0 Å². The van der Waals surface area contributed by atoms with Crippen LogP contribution in [0.25, 0.3) is 0 Å². The van der Waals surface area contributed by atoms with E-state index in [1.165, 1.54) is 11.3 Å². The molecule has 1 unspecified atom stereocenters. The van der Waals surface area contributed by atoms with E-state index in [0.29, 0.717) is 33.5 Å². The lowest BCUT2D eigenvalue weighted by Crippen LogP contribution is -2.15. The fourth-order valence-electron chi connectivity index (χ4n) is 3.16. The summed E-state index contributed by atoms with van der Waals surface area (Å²) in [6, 6.07) is 14.0. The van der Waals surface area contributed by atoms with Gasteiger partial charge in [0.25, 0.3) is 5.91 Å². The fourth-order valence-corrected chi connectivity index (χ4v) is 4.87. The van der Waals surface area contributed by atoms with Gasteiger partial charge in [0.2, 0.25) is 5.91 Å². The molecule has 2 aromatic carbocycles. The highest BCUT2D eigenvalue weighted by Gasteiger charge is 2.23. The number of thiophene rings is 1. The Morgan fingerprint density at radius 1 is 0.966 bits per heavy atom. The van der Waals surface area contributed by atoms with Crippen molar-refractivity contribution in [1.82, 2.24) is 0 Å². The van der Waals surface area contributed by atoms with Crippen LogP contribution < -0.4 is 17.2 Å². The molecule has 0 fully saturated rings. The second kappa shape index (κ2) is 8.97. The molecular formula is C21H19Cl2N3O2S. The average Bonchev–Trinajstić information content (AvgIpc) is 3.10. The highest BCUT2D eigenvalue weighted by atomic mass is 35.5. The summed E-state index contributed by atoms with van der Waals surface area (Å²) in [4.78, 5) is 24.5. The van der Waals surface area contributed by atoms with Gasteiger partial charge in [0.15, 0.2) is 0 Å². The summed E-state index contributed by atoms with van der Waals surface area (Å²) >= 11 is 14.0. The zero-order chi connectivity index (χ0) is 21.1. The summed E-state index contributed by atoms with van der Waals surface area (Å²) in [5.74, 6) is -1.19. The number of carbonyl (C=O) groups excluding carboxylic acids is 2. The van der Waals surface area contributed by atoms with Crippen molar-refractivity contribution in [1.29, 1.82) is 0 Å². The third-order valence-electron chi connectivity index (χ3n) is 4.66. The first-order chi connectivity index (χ1) is 13.8. The van der Waals surface area contributed by atoms with E-state index >= 15 is 0 Å². The van der Waals surface area contributed by atoms with Gasteiger partial charge < -0.3 is 17.2 Å². The van der Waals surface area contributed by atoms with Gasteiger partial charge in [0.05, 0.1) is 4.88 Å². The molecule has 8 heteroatoms. The van der Waals surface area contributed by atoms with Gasteiger partial charge >= 0.3 is 0 Å². The minimum atomic E-state index is -0.507. The van der Waals surface area contributed by atoms with Crippen LogP contribution in [0.3, 0.4) is 0 Å². The summed E-state index contributed by atoms with van der Waals surface area (Å²) in [6.07, 6.45) is 0.438. The van der Waals surface area contributed by atoms with Gasteiger partial charge in [0.1, 0.15) is 0 Å². The van der Waals surface area contributed by atoms with E-state index in [0.717, 1.165) is 21.6 Å². The standard InChI is InChI=1S/C21H19Cl2N3O2S/c22-16-2-1-3-17(23)14(16)8-13-9-18(21(26)28)29-19(13)15(10-24)11-4-6-12(7-5-11)20(25)27/h1-7,9,15H,8,10,24H2,(H2,25,27)(H2,26,28). The van der Waals surface area contributed by atoms with E-state index in [4.69, 9.17) is 40.4 Å². The van der Waals surface area contributed by atoms with E-state index in [1.807, 2.05) is 12.1 Å². The molecule has 0 saturated heterocycles. The van der Waals surface area contributed by atoms with E-state index in [-0.39, 0.29) is 5.92 Å². The van der Waals surface area contributed by atoms with Crippen LogP contribution in [0.15, 0.2) is 48.5 Å². The number of nitrogens with two attached hydrogens (primary N) is 3. The van der Waals surface area contributed by atoms with Crippen molar-refractivity contribution in [3.8, 4) is 0 Å². The molecule has 29 heavy (non-hydrogen) atoms. The number of primary amides is 2. The molecule has 3 aromatic rings. The number of carbonyl (C=O) groups is 2. The maximum Gasteiger partial charge on any atom is 0.258 e. The first-order valence-electron chi connectivity index (χ1n) is 8.77. The number of hydrogen-bond acceptors (Lipinski definition) is 4. The molecule has 1 atom stereocenters. The van der Waals surface area contributed by atoms with Crippen LogP contribution >= 0.6 is 34.5 Å². The van der Waals surface area contributed by atoms with Crippen molar-refractivity contribution >= 4 is 46.4 Å². The number of halogens is 2. The van der Waals surface area contributed by atoms with Crippen LogP contribution in [0.4, 0.5) is 0 Å². The van der Waals surface area contributed by atoms with Crippen LogP contribution in [-0.4, -0.2) is 18.4 Å². The maximum atomic E-state index is 11.8. The molecule has 1 heterocycles. The largest absolute Gasteiger partial charge is 0.366 e. The molecule has 6 N–H and O–H groups in total. The summed E-state index contributed by atoms with van der Waals surface area (Å²) in [6.45, 7) is 0.303. The molecule has 150 valence electrons. The number of benzene rings is 2. The number of hydrogen-bond donors (Lipinski definition) is 3. The Morgan fingerprint density at radius 2 is 1.59 bits per heavy atom. The molecule has 0 spiro atoms. The number of amides is 2. The van der Waals surface area contributed by atoms with Crippen molar-refractivity contribution < 1.29 is 9.59 Å². The molecule has 5 nitrogen and oxygen atoms in total. The molecular weight excluding hydrogens is 429 g/mol. The second-order valence-corrected chi connectivity index (χ2v) is 8.41. The molecule has 0 radical (unpaired) electrons. The Hall–Kier alpha value is -2.38. The smallest absolute Gasteiger partial charge is 0.258 e. The van der Waals surface area contributed by atoms with Crippen LogP contribution in [0.1, 0.15) is 47.5 Å². The second-order valence-electron chi connectivity index (χ2n) is 6.52. The van der Waals surface area contributed by atoms with Gasteiger partial charge in [-0.1, -0.05) is 41.4 Å². The maximum absolute atomic E-state index is 11.8. The summed E-state index contributed by atoms with van der Waals surface area (Å²) < 4.78 is 0. The van der Waals surface area contributed by atoms with E-state index in [2.05, 4.69) is 0 Å². The Balaban J connectivity index is 2.06. The minimum Gasteiger partial charge on any atom is -0.366 e. The summed E-state index contributed by atoms with van der Waals surface area (Å²) in [5.41, 5.74) is 19.9. The lowest BCUT2D eigenvalue weighted by Gasteiger charge is -2.17. The minimum absolute atomic E-state index is 0.189. The van der Waals surface area contributed by atoms with Crippen molar-refractivity contribution in [2.24, 2.45) is 17.2 Å². The topological polar surface area (TPSA) is 112 Å². The Kier molecular flexibility index (Phi) is 6.59. The molecule has 0 aliphatic heterocycles. The first-order valence-corrected chi connectivity index (χ1v) is 10.3. The molecule has 0 saturated carbocycles. The van der Waals surface area contributed by atoms with Crippen LogP contribution in [0, 0.1) is 0 Å². The van der Waals surface area contributed by atoms with Gasteiger partial charge in [-0.15, -0.1) is 11.3 Å². The molecule has 1 aromatic heterocycles. The zero-order valence-corrected chi connectivity index (χ0v) is 17.7. The van der Waals surface area contributed by atoms with Gasteiger partial charge in [-0.25, -0.2) is 0 Å². The molecule has 0 aliphatic rings. The first kappa shape index (κ1) is 21.3. The molecule has 0 bridgehead atoms. The van der Waals surface area contributed by atoms with E-state index < -0.39 is 11.8 Å². The van der Waals surface area contributed by atoms with Gasteiger partial charge in [-0.2, -0.15) is 0 Å². The zero-order valence-electron chi connectivity index (χ0n) is 15.3. The Labute approximate surface area is 182 Å². The SMILES string of the molecule is NCC(c1ccc(C(N)=O)cc1)c1sc(C(N)=O)cc1Cc1c(Cl)cccc1Cl. The highest BCUT2D eigenvalue weighted by molar-refractivity contribution is 7.14. The van der Waals surface area contributed by atoms with E-state index in [9.17, 15) is 9.59 Å². The van der Waals surface area contributed by atoms with Crippen LogP contribution in [-0.2, 0) is 6.42 Å². The Morgan fingerprint density at radius 3 is 2.10 bits per heavy atom. The third-order valence-corrected chi connectivity index (χ3v) is 6.68. The predicted octanol–water partition coefficient (Wildman–Crippen LogP) is 3.93. The van der Waals surface area contributed by atoms with Crippen molar-refractivity contribution in [3.05, 3.63) is 90.6 Å². The van der Waals surface area contributed by atoms with Gasteiger partial charge in [-0.3, -0.25) is 9.59 Å². The Bertz CT molecular complexity index is 1040. The van der Waals surface area contributed by atoms with Gasteiger partial charge in [-0.05, 0) is 47.0 Å². The third kappa shape index (κ3) is 4.62. The van der Waals surface area contributed by atoms with Crippen LogP contribution in [0.2, 0.25) is 10.0 Å². The van der Waals surface area contributed by atoms with Crippen molar-refractivity contribution in [2.45, 2.75) is 12.3 Å². The summed E-state index contributed by atoms with van der Waals surface area (Å²) in [5, 5.41) is 1.09. The van der Waals surface area contributed by atoms with Crippen LogP contribution in [0.5, 0.6) is 0 Å². The molecule has 0 aliphatic carbocycles. The lowest BCUT2D eigenvalue weighted by molar-refractivity contribution is 0.0993. The monoisotopic (exact) mass is 447 g/mol. The van der Waals surface area contributed by atoms with Gasteiger partial charge in [0, 0.05) is 39.4 Å². The normalized spacial score (nSPS) is 12.0. The average molecular weight is 448 g/mol. The molecule has 2 amide bonds. The lowest BCUT2D eigenvalue weighted by atomic mass is 9.92. The summed E-state index contributed by atoms with van der Waals surface area (Å²) in [7, 11) is 0. The quantitative estimate of drug-likeness (QED) is 0.509. The van der Waals surface area contributed by atoms with E-state index in [1.54, 1.807) is 36.4 Å². The predicted molar refractivity (Wildman–Crippen MR) is 118 cm³/mol. The molecule has 3 rings (SSSR count). The highest BCUT2D eigenvalue weighted by Crippen LogP contribution is 2.37.